The van der Waals surface area contributed by atoms with Gasteiger partial charge in [0.15, 0.2) is 0 Å². The van der Waals surface area contributed by atoms with Crippen LogP contribution in [-0.2, 0) is 0 Å². The van der Waals surface area contributed by atoms with Crippen molar-refractivity contribution in [3.63, 3.8) is 0 Å². The van der Waals surface area contributed by atoms with E-state index in [1.807, 2.05) is 54.0 Å². The van der Waals surface area contributed by atoms with Gasteiger partial charge >= 0.3 is 0 Å². The highest BCUT2D eigenvalue weighted by atomic mass is 14.9. The number of nitrogens with zero attached hydrogens (tertiary/aromatic N) is 2. The van der Waals surface area contributed by atoms with Crippen LogP contribution in [0.5, 0.6) is 0 Å². The molecule has 0 aliphatic rings. The highest BCUT2D eigenvalue weighted by Gasteiger charge is 1.92. The van der Waals surface area contributed by atoms with Crippen molar-refractivity contribution in [3.8, 4) is 0 Å². The van der Waals surface area contributed by atoms with Crippen LogP contribution in [0.25, 0.3) is 0 Å². The standard InChI is InChI=1S/C10H9N2/c1-2-7-12(6-1)9-10-4-3-5-11-8-10/h1-9H. The molecule has 2 heterocycles. The average Bonchev–Trinajstić information content (AvgIpc) is 2.59. The van der Waals surface area contributed by atoms with E-state index in [1.165, 1.54) is 0 Å². The summed E-state index contributed by atoms with van der Waals surface area (Å²) in [4.78, 5) is 4.02. The van der Waals surface area contributed by atoms with Crippen LogP contribution < -0.4 is 0 Å². The summed E-state index contributed by atoms with van der Waals surface area (Å²) in [6, 6.07) is 7.93. The van der Waals surface area contributed by atoms with Crippen molar-refractivity contribution in [2.75, 3.05) is 0 Å². The summed E-state index contributed by atoms with van der Waals surface area (Å²) in [5.41, 5.74) is 1.11. The first kappa shape index (κ1) is 7.10. The minimum Gasteiger partial charge on any atom is -0.344 e. The summed E-state index contributed by atoms with van der Waals surface area (Å²) in [6.45, 7) is 2.02. The van der Waals surface area contributed by atoms with Crippen molar-refractivity contribution in [1.82, 2.24) is 9.55 Å². The molecule has 0 unspecified atom stereocenters. The van der Waals surface area contributed by atoms with Crippen LogP contribution in [0.2, 0.25) is 0 Å². The molecule has 1 radical (unpaired) electrons. The van der Waals surface area contributed by atoms with Gasteiger partial charge in [0.05, 0.1) is 6.54 Å². The lowest BCUT2D eigenvalue weighted by molar-refractivity contribution is 0.988. The fourth-order valence-corrected chi connectivity index (χ4v) is 1.06. The number of hydrogen-bond acceptors (Lipinski definition) is 1. The Morgan fingerprint density at radius 2 is 2.00 bits per heavy atom. The Labute approximate surface area is 71.5 Å². The van der Waals surface area contributed by atoms with Crippen LogP contribution in [0, 0.1) is 6.54 Å². The molecule has 2 rings (SSSR count). The SMILES string of the molecule is [CH](c1cccnc1)n1cccc1. The minimum absolute atomic E-state index is 1.11. The normalized spacial score (nSPS) is 10.0. The molecule has 12 heavy (non-hydrogen) atoms. The molecule has 0 aromatic carbocycles. The maximum absolute atomic E-state index is 4.02. The van der Waals surface area contributed by atoms with Gasteiger partial charge in [0.1, 0.15) is 0 Å². The summed E-state index contributed by atoms with van der Waals surface area (Å²) < 4.78 is 2.00. The highest BCUT2D eigenvalue weighted by molar-refractivity contribution is 5.19. The van der Waals surface area contributed by atoms with Crippen molar-refractivity contribution >= 4 is 0 Å². The van der Waals surface area contributed by atoms with E-state index in [9.17, 15) is 0 Å². The number of aromatic nitrogens is 2. The third-order valence-corrected chi connectivity index (χ3v) is 1.61. The highest BCUT2D eigenvalue weighted by Crippen LogP contribution is 2.02. The molecule has 0 aliphatic carbocycles. The van der Waals surface area contributed by atoms with Crippen LogP contribution in [0.1, 0.15) is 5.56 Å². The molecule has 0 bridgehead atoms. The summed E-state index contributed by atoms with van der Waals surface area (Å²) >= 11 is 0. The summed E-state index contributed by atoms with van der Waals surface area (Å²) in [7, 11) is 0. The van der Waals surface area contributed by atoms with E-state index in [0.29, 0.717) is 0 Å². The molecule has 2 aromatic heterocycles. The van der Waals surface area contributed by atoms with E-state index in [4.69, 9.17) is 0 Å². The van der Waals surface area contributed by atoms with Crippen molar-refractivity contribution in [1.29, 1.82) is 0 Å². The van der Waals surface area contributed by atoms with Gasteiger partial charge in [0, 0.05) is 24.8 Å². The fourth-order valence-electron chi connectivity index (χ4n) is 1.06. The second-order valence-corrected chi connectivity index (χ2v) is 2.55. The monoisotopic (exact) mass is 157 g/mol. The molecule has 0 saturated heterocycles. The molecule has 0 spiro atoms. The number of rotatable bonds is 2. The first-order chi connectivity index (χ1) is 5.95. The molecule has 0 aliphatic heterocycles. The van der Waals surface area contributed by atoms with Crippen LogP contribution >= 0.6 is 0 Å². The molecule has 0 atom stereocenters. The van der Waals surface area contributed by atoms with Gasteiger partial charge in [-0.15, -0.1) is 0 Å². The molecule has 2 nitrogen and oxygen atoms in total. The third-order valence-electron chi connectivity index (χ3n) is 1.61. The Bertz CT molecular complexity index is 324. The van der Waals surface area contributed by atoms with E-state index < -0.39 is 0 Å². The van der Waals surface area contributed by atoms with E-state index in [1.54, 1.807) is 6.20 Å². The first-order valence-electron chi connectivity index (χ1n) is 3.82. The summed E-state index contributed by atoms with van der Waals surface area (Å²) in [6.07, 6.45) is 7.59. The minimum atomic E-state index is 1.11. The van der Waals surface area contributed by atoms with Gasteiger partial charge in [0.25, 0.3) is 0 Å². The molecule has 0 N–H and O–H groups in total. The molecule has 0 saturated carbocycles. The van der Waals surface area contributed by atoms with Crippen molar-refractivity contribution < 1.29 is 0 Å². The predicted molar refractivity (Wildman–Crippen MR) is 47.5 cm³/mol. The maximum Gasteiger partial charge on any atom is 0.0844 e. The summed E-state index contributed by atoms with van der Waals surface area (Å²) in [5, 5.41) is 0. The van der Waals surface area contributed by atoms with E-state index in [-0.39, 0.29) is 0 Å². The first-order valence-corrected chi connectivity index (χ1v) is 3.82. The zero-order valence-electron chi connectivity index (χ0n) is 6.59. The Morgan fingerprint density at radius 3 is 2.67 bits per heavy atom. The lowest BCUT2D eigenvalue weighted by atomic mass is 10.3. The number of pyridine rings is 1. The van der Waals surface area contributed by atoms with Crippen LogP contribution in [0.15, 0.2) is 49.1 Å². The van der Waals surface area contributed by atoms with Gasteiger partial charge in [-0.25, -0.2) is 0 Å². The van der Waals surface area contributed by atoms with Gasteiger partial charge in [-0.2, -0.15) is 0 Å². The van der Waals surface area contributed by atoms with Gasteiger partial charge in [0.2, 0.25) is 0 Å². The zero-order chi connectivity index (χ0) is 8.23. The van der Waals surface area contributed by atoms with E-state index in [2.05, 4.69) is 4.98 Å². The maximum atomic E-state index is 4.02. The van der Waals surface area contributed by atoms with Crippen molar-refractivity contribution in [3.05, 3.63) is 61.2 Å². The summed E-state index contributed by atoms with van der Waals surface area (Å²) in [5.74, 6) is 0. The second-order valence-electron chi connectivity index (χ2n) is 2.55. The largest absolute Gasteiger partial charge is 0.344 e. The molecule has 2 heteroatoms. The topological polar surface area (TPSA) is 17.8 Å². The molecule has 59 valence electrons. The van der Waals surface area contributed by atoms with Gasteiger partial charge in [-0.1, -0.05) is 6.07 Å². The van der Waals surface area contributed by atoms with Crippen molar-refractivity contribution in [2.45, 2.75) is 0 Å². The Morgan fingerprint density at radius 1 is 1.17 bits per heavy atom. The van der Waals surface area contributed by atoms with Gasteiger partial charge in [-0.05, 0) is 23.8 Å². The Hall–Kier alpha value is -1.57. The zero-order valence-corrected chi connectivity index (χ0v) is 6.59. The van der Waals surface area contributed by atoms with Crippen molar-refractivity contribution in [2.24, 2.45) is 0 Å². The van der Waals surface area contributed by atoms with Gasteiger partial charge in [-0.3, -0.25) is 4.98 Å². The molecule has 0 amide bonds. The number of hydrogen-bond donors (Lipinski definition) is 0. The van der Waals surface area contributed by atoms with E-state index >= 15 is 0 Å². The Balaban J connectivity index is 2.15. The quantitative estimate of drug-likeness (QED) is 0.651. The smallest absolute Gasteiger partial charge is 0.0844 e. The predicted octanol–water partition coefficient (Wildman–Crippen LogP) is 1.94. The fraction of sp³-hybridized carbons (Fsp3) is 0. The van der Waals surface area contributed by atoms with Crippen LogP contribution in [0.4, 0.5) is 0 Å². The molecule has 0 fully saturated rings. The van der Waals surface area contributed by atoms with Gasteiger partial charge < -0.3 is 4.57 Å². The second kappa shape index (κ2) is 3.22. The van der Waals surface area contributed by atoms with E-state index in [0.717, 1.165) is 5.56 Å². The third kappa shape index (κ3) is 1.53. The molecule has 2 aromatic rings. The lowest BCUT2D eigenvalue weighted by Gasteiger charge is -1.99. The average molecular weight is 157 g/mol. The molecular formula is C10H9N2. The van der Waals surface area contributed by atoms with Crippen LogP contribution in [-0.4, -0.2) is 9.55 Å². The lowest BCUT2D eigenvalue weighted by Crippen LogP contribution is -1.92. The van der Waals surface area contributed by atoms with Crippen LogP contribution in [0.3, 0.4) is 0 Å². The Kier molecular flexibility index (Phi) is 1.90. The molecular weight excluding hydrogens is 148 g/mol.